The lowest BCUT2D eigenvalue weighted by molar-refractivity contribution is -0.119. The zero-order chi connectivity index (χ0) is 12.6. The van der Waals surface area contributed by atoms with Gasteiger partial charge in [0.05, 0.1) is 0 Å². The molecule has 0 saturated carbocycles. The summed E-state index contributed by atoms with van der Waals surface area (Å²) in [6, 6.07) is 8.43. The Bertz CT molecular complexity index is 401. The zero-order valence-corrected chi connectivity index (χ0v) is 12.1. The molecule has 2 rings (SSSR count). The molecule has 3 heteroatoms. The van der Waals surface area contributed by atoms with Crippen LogP contribution in [-0.2, 0) is 17.6 Å². The van der Waals surface area contributed by atoms with Gasteiger partial charge in [0.15, 0.2) is 0 Å². The van der Waals surface area contributed by atoms with Crippen molar-refractivity contribution in [1.29, 1.82) is 0 Å². The zero-order valence-electron chi connectivity index (χ0n) is 10.4. The summed E-state index contributed by atoms with van der Waals surface area (Å²) < 4.78 is 0. The van der Waals surface area contributed by atoms with Crippen LogP contribution in [0.25, 0.3) is 0 Å². The smallest absolute Gasteiger partial charge is 0.132 e. The summed E-state index contributed by atoms with van der Waals surface area (Å²) in [5.74, 6) is 0.420. The van der Waals surface area contributed by atoms with E-state index >= 15 is 0 Å². The van der Waals surface area contributed by atoms with Crippen LogP contribution in [0, 0.1) is 0 Å². The molecular weight excluding hydrogens is 260 g/mol. The van der Waals surface area contributed by atoms with Crippen LogP contribution in [0.1, 0.15) is 35.4 Å². The third-order valence-corrected chi connectivity index (χ3v) is 4.79. The van der Waals surface area contributed by atoms with E-state index in [4.69, 9.17) is 0 Å². The molecule has 2 heterocycles. The molecule has 0 N–H and O–H groups in total. The number of hydrogen-bond donors (Lipinski definition) is 0. The van der Waals surface area contributed by atoms with Crippen LogP contribution in [-0.4, -0.2) is 5.78 Å². The molecule has 0 saturated heterocycles. The number of carbonyl (C=O) groups is 1. The lowest BCUT2D eigenvalue weighted by Crippen LogP contribution is -1.99. The maximum absolute atomic E-state index is 11.7. The average Bonchev–Trinajstić information content (AvgIpc) is 3.01. The molecule has 2 aromatic rings. The van der Waals surface area contributed by atoms with Gasteiger partial charge in [-0.05, 0) is 48.6 Å². The molecule has 0 unspecified atom stereocenters. The second-order valence-electron chi connectivity index (χ2n) is 4.40. The van der Waals surface area contributed by atoms with E-state index in [-0.39, 0.29) is 0 Å². The van der Waals surface area contributed by atoms with E-state index in [0.717, 1.165) is 38.5 Å². The topological polar surface area (TPSA) is 17.1 Å². The van der Waals surface area contributed by atoms with Crippen molar-refractivity contribution in [2.75, 3.05) is 0 Å². The molecule has 0 aromatic carbocycles. The molecule has 0 amide bonds. The molecule has 0 fully saturated rings. The van der Waals surface area contributed by atoms with E-state index in [1.54, 1.807) is 22.7 Å². The van der Waals surface area contributed by atoms with Crippen LogP contribution < -0.4 is 0 Å². The Kier molecular flexibility index (Phi) is 5.62. The molecular formula is C15H18OS2. The van der Waals surface area contributed by atoms with E-state index in [1.807, 2.05) is 0 Å². The lowest BCUT2D eigenvalue weighted by atomic mass is 10.1. The SMILES string of the molecule is O=C(CCCc1cccs1)CCCc1cccs1. The van der Waals surface area contributed by atoms with Crippen LogP contribution in [0.3, 0.4) is 0 Å². The lowest BCUT2D eigenvalue weighted by Gasteiger charge is -2.00. The number of aryl methyl sites for hydroxylation is 2. The quantitative estimate of drug-likeness (QED) is 0.682. The van der Waals surface area contributed by atoms with Gasteiger partial charge in [-0.1, -0.05) is 12.1 Å². The van der Waals surface area contributed by atoms with Gasteiger partial charge in [0.25, 0.3) is 0 Å². The number of hydrogen-bond acceptors (Lipinski definition) is 3. The Balaban J connectivity index is 1.55. The minimum Gasteiger partial charge on any atom is -0.300 e. The summed E-state index contributed by atoms with van der Waals surface area (Å²) in [5.41, 5.74) is 0. The summed E-state index contributed by atoms with van der Waals surface area (Å²) in [6.45, 7) is 0. The standard InChI is InChI=1S/C15H18OS2/c16-13(5-1-7-14-9-3-11-17-14)6-2-8-15-10-4-12-18-15/h3-4,9-12H,1-2,5-8H2. The maximum atomic E-state index is 11.7. The van der Waals surface area contributed by atoms with Gasteiger partial charge < -0.3 is 0 Å². The van der Waals surface area contributed by atoms with Gasteiger partial charge in [-0.25, -0.2) is 0 Å². The van der Waals surface area contributed by atoms with Crippen LogP contribution >= 0.6 is 22.7 Å². The molecule has 0 radical (unpaired) electrons. The van der Waals surface area contributed by atoms with E-state index < -0.39 is 0 Å². The fraction of sp³-hybridized carbons (Fsp3) is 0.400. The molecule has 0 atom stereocenters. The minimum atomic E-state index is 0.420. The van der Waals surface area contributed by atoms with Crippen molar-refractivity contribution in [3.05, 3.63) is 44.8 Å². The number of carbonyl (C=O) groups excluding carboxylic acids is 1. The summed E-state index contributed by atoms with van der Waals surface area (Å²) >= 11 is 3.56. The van der Waals surface area contributed by atoms with Crippen LogP contribution in [0.4, 0.5) is 0 Å². The molecule has 0 bridgehead atoms. The van der Waals surface area contributed by atoms with Crippen molar-refractivity contribution in [3.8, 4) is 0 Å². The molecule has 96 valence electrons. The van der Waals surface area contributed by atoms with Crippen molar-refractivity contribution < 1.29 is 4.79 Å². The summed E-state index contributed by atoms with van der Waals surface area (Å²) in [4.78, 5) is 14.5. The first-order valence-electron chi connectivity index (χ1n) is 6.41. The Labute approximate surface area is 116 Å². The minimum absolute atomic E-state index is 0.420. The monoisotopic (exact) mass is 278 g/mol. The highest BCUT2D eigenvalue weighted by Gasteiger charge is 2.03. The largest absolute Gasteiger partial charge is 0.300 e. The Morgan fingerprint density at radius 3 is 1.78 bits per heavy atom. The van der Waals surface area contributed by atoms with Crippen molar-refractivity contribution in [2.24, 2.45) is 0 Å². The van der Waals surface area contributed by atoms with E-state index in [2.05, 4.69) is 35.0 Å². The maximum Gasteiger partial charge on any atom is 0.132 e. The van der Waals surface area contributed by atoms with E-state index in [1.165, 1.54) is 9.75 Å². The number of ketones is 1. The molecule has 0 aliphatic heterocycles. The highest BCUT2D eigenvalue weighted by molar-refractivity contribution is 7.10. The second-order valence-corrected chi connectivity index (χ2v) is 6.47. The Morgan fingerprint density at radius 1 is 0.889 bits per heavy atom. The third kappa shape index (κ3) is 4.75. The molecule has 0 aliphatic carbocycles. The van der Waals surface area contributed by atoms with Crippen molar-refractivity contribution in [1.82, 2.24) is 0 Å². The summed E-state index contributed by atoms with van der Waals surface area (Å²) in [7, 11) is 0. The first kappa shape index (κ1) is 13.5. The predicted octanol–water partition coefficient (Wildman–Crippen LogP) is 4.72. The Morgan fingerprint density at radius 2 is 1.39 bits per heavy atom. The van der Waals surface area contributed by atoms with Gasteiger partial charge in [-0.3, -0.25) is 4.79 Å². The van der Waals surface area contributed by atoms with Gasteiger partial charge in [-0.15, -0.1) is 22.7 Å². The van der Waals surface area contributed by atoms with Crippen LogP contribution in [0.5, 0.6) is 0 Å². The number of thiophene rings is 2. The van der Waals surface area contributed by atoms with Gasteiger partial charge >= 0.3 is 0 Å². The van der Waals surface area contributed by atoms with Crippen molar-refractivity contribution in [2.45, 2.75) is 38.5 Å². The number of rotatable bonds is 8. The fourth-order valence-corrected chi connectivity index (χ4v) is 3.46. The predicted molar refractivity (Wildman–Crippen MR) is 79.5 cm³/mol. The first-order valence-corrected chi connectivity index (χ1v) is 8.17. The Hall–Kier alpha value is -0.930. The fourth-order valence-electron chi connectivity index (χ4n) is 1.95. The molecule has 0 aliphatic rings. The normalized spacial score (nSPS) is 10.7. The van der Waals surface area contributed by atoms with Crippen LogP contribution in [0.15, 0.2) is 35.0 Å². The highest BCUT2D eigenvalue weighted by atomic mass is 32.1. The average molecular weight is 278 g/mol. The molecule has 18 heavy (non-hydrogen) atoms. The summed E-state index contributed by atoms with van der Waals surface area (Å²) in [5, 5.41) is 4.19. The van der Waals surface area contributed by atoms with E-state index in [9.17, 15) is 4.79 Å². The molecule has 0 spiro atoms. The van der Waals surface area contributed by atoms with Gasteiger partial charge in [0.2, 0.25) is 0 Å². The molecule has 1 nitrogen and oxygen atoms in total. The number of Topliss-reactive ketones (excluding diaryl/α,β-unsaturated/α-hetero) is 1. The summed E-state index contributed by atoms with van der Waals surface area (Å²) in [6.07, 6.45) is 5.57. The second kappa shape index (κ2) is 7.49. The van der Waals surface area contributed by atoms with Gasteiger partial charge in [-0.2, -0.15) is 0 Å². The van der Waals surface area contributed by atoms with E-state index in [0.29, 0.717) is 5.78 Å². The van der Waals surface area contributed by atoms with Gasteiger partial charge in [0.1, 0.15) is 5.78 Å². The first-order chi connectivity index (χ1) is 8.84. The molecule has 2 aromatic heterocycles. The third-order valence-electron chi connectivity index (χ3n) is 2.92. The highest BCUT2D eigenvalue weighted by Crippen LogP contribution is 2.14. The van der Waals surface area contributed by atoms with Crippen molar-refractivity contribution >= 4 is 28.5 Å². The van der Waals surface area contributed by atoms with Crippen molar-refractivity contribution in [3.63, 3.8) is 0 Å². The van der Waals surface area contributed by atoms with Crippen LogP contribution in [0.2, 0.25) is 0 Å². The van der Waals surface area contributed by atoms with Gasteiger partial charge in [0, 0.05) is 22.6 Å².